The minimum absolute atomic E-state index is 0.0499. The smallest absolute Gasteiger partial charge is 0.339 e. The van der Waals surface area contributed by atoms with Gasteiger partial charge in [-0.2, -0.15) is 8.42 Å². The highest BCUT2D eigenvalue weighted by atomic mass is 35.5. The number of nitrogens with one attached hydrogen (secondary N) is 1. The average Bonchev–Trinajstić information content (AvgIpc) is 2.80. The molecule has 0 bridgehead atoms. The Hall–Kier alpha value is -3.66. The fourth-order valence-electron chi connectivity index (χ4n) is 3.10. The number of hydrogen-bond acceptors (Lipinski definition) is 6. The van der Waals surface area contributed by atoms with Gasteiger partial charge < -0.3 is 4.18 Å². The number of barbiturate groups is 1. The number of hydrogen-bond donors (Lipinski definition) is 1. The lowest BCUT2D eigenvalue weighted by Gasteiger charge is -2.27. The van der Waals surface area contributed by atoms with Gasteiger partial charge in [0.05, 0.1) is 15.7 Å². The van der Waals surface area contributed by atoms with E-state index < -0.39 is 28.0 Å². The molecule has 34 heavy (non-hydrogen) atoms. The summed E-state index contributed by atoms with van der Waals surface area (Å²) in [5.74, 6) is -1.92. The summed E-state index contributed by atoms with van der Waals surface area (Å²) in [6, 6.07) is 16.8. The molecule has 0 atom stereocenters. The van der Waals surface area contributed by atoms with E-state index in [1.165, 1.54) is 48.5 Å². The van der Waals surface area contributed by atoms with Crippen LogP contribution in [0.25, 0.3) is 6.08 Å². The van der Waals surface area contributed by atoms with Crippen molar-refractivity contribution in [3.05, 3.63) is 94.0 Å². The molecule has 0 radical (unpaired) electrons. The number of amides is 4. The van der Waals surface area contributed by atoms with Crippen LogP contribution in [0.4, 0.5) is 10.5 Å². The maximum Gasteiger partial charge on any atom is 0.339 e. The summed E-state index contributed by atoms with van der Waals surface area (Å²) in [6.45, 7) is 0. The Kier molecular flexibility index (Phi) is 6.43. The molecule has 1 aliphatic rings. The molecule has 4 rings (SSSR count). The summed E-state index contributed by atoms with van der Waals surface area (Å²) < 4.78 is 30.0. The Labute approximate surface area is 204 Å². The molecule has 1 fully saturated rings. The van der Waals surface area contributed by atoms with Crippen molar-refractivity contribution in [2.24, 2.45) is 0 Å². The molecule has 0 saturated carbocycles. The summed E-state index contributed by atoms with van der Waals surface area (Å²) in [5.41, 5.74) is 0.0561. The Morgan fingerprint density at radius 2 is 1.53 bits per heavy atom. The zero-order valence-corrected chi connectivity index (χ0v) is 19.4. The molecule has 8 nitrogen and oxygen atoms in total. The van der Waals surface area contributed by atoms with E-state index in [0.29, 0.717) is 5.56 Å². The first kappa shape index (κ1) is 23.5. The van der Waals surface area contributed by atoms with Crippen molar-refractivity contribution in [3.63, 3.8) is 0 Å². The van der Waals surface area contributed by atoms with Gasteiger partial charge in [0.15, 0.2) is 5.75 Å². The minimum Gasteiger partial charge on any atom is -0.377 e. The van der Waals surface area contributed by atoms with Gasteiger partial charge in [-0.25, -0.2) is 9.69 Å². The van der Waals surface area contributed by atoms with Crippen LogP contribution in [0.3, 0.4) is 0 Å². The van der Waals surface area contributed by atoms with Crippen molar-refractivity contribution in [2.45, 2.75) is 4.90 Å². The number of carbonyl (C=O) groups excluding carboxylic acids is 3. The summed E-state index contributed by atoms with van der Waals surface area (Å²) in [6.07, 6.45) is 1.22. The maximum atomic E-state index is 13.0. The summed E-state index contributed by atoms with van der Waals surface area (Å²) in [7, 11) is -4.12. The lowest BCUT2D eigenvalue weighted by Crippen LogP contribution is -2.54. The summed E-state index contributed by atoms with van der Waals surface area (Å²) >= 11 is 12.3. The Morgan fingerprint density at radius 3 is 2.21 bits per heavy atom. The quantitative estimate of drug-likeness (QED) is 0.305. The molecule has 0 aliphatic carbocycles. The Balaban J connectivity index is 1.64. The zero-order chi connectivity index (χ0) is 24.5. The van der Waals surface area contributed by atoms with Crippen LogP contribution in [0.2, 0.25) is 10.0 Å². The first-order chi connectivity index (χ1) is 16.2. The van der Waals surface area contributed by atoms with E-state index in [1.54, 1.807) is 30.3 Å². The van der Waals surface area contributed by atoms with Gasteiger partial charge in [0, 0.05) is 0 Å². The predicted molar refractivity (Wildman–Crippen MR) is 126 cm³/mol. The molecule has 1 heterocycles. The van der Waals surface area contributed by atoms with Crippen LogP contribution in [0, 0.1) is 0 Å². The second kappa shape index (κ2) is 9.30. The lowest BCUT2D eigenvalue weighted by molar-refractivity contribution is -0.122. The fourth-order valence-corrected chi connectivity index (χ4v) is 4.57. The third-order valence-corrected chi connectivity index (χ3v) is 6.56. The van der Waals surface area contributed by atoms with Crippen molar-refractivity contribution < 1.29 is 27.0 Å². The van der Waals surface area contributed by atoms with Crippen LogP contribution in [-0.2, 0) is 19.7 Å². The molecule has 3 aromatic carbocycles. The van der Waals surface area contributed by atoms with Crippen LogP contribution in [-0.4, -0.2) is 26.3 Å². The predicted octanol–water partition coefficient (Wildman–Crippen LogP) is 4.43. The molecule has 0 spiro atoms. The Bertz CT molecular complexity index is 1460. The molecular formula is C23H14Cl2N2O6S. The summed E-state index contributed by atoms with van der Waals surface area (Å²) in [4.78, 5) is 38.3. The van der Waals surface area contributed by atoms with Crippen LogP contribution in [0.5, 0.6) is 5.75 Å². The fraction of sp³-hybridized carbons (Fsp3) is 0. The lowest BCUT2D eigenvalue weighted by atomic mass is 10.1. The molecular weight excluding hydrogens is 503 g/mol. The van der Waals surface area contributed by atoms with E-state index in [-0.39, 0.29) is 32.0 Å². The third kappa shape index (κ3) is 4.67. The average molecular weight is 517 g/mol. The number of benzene rings is 3. The highest BCUT2D eigenvalue weighted by Crippen LogP contribution is 2.31. The minimum atomic E-state index is -4.12. The molecule has 4 amide bonds. The van der Waals surface area contributed by atoms with Gasteiger partial charge in [-0.15, -0.1) is 0 Å². The highest BCUT2D eigenvalue weighted by Gasteiger charge is 2.37. The van der Waals surface area contributed by atoms with Crippen LogP contribution < -0.4 is 14.4 Å². The van der Waals surface area contributed by atoms with E-state index in [0.717, 1.165) is 4.90 Å². The standard InChI is InChI=1S/C23H14Cl2N2O6S/c24-17-8-4-5-9-19(17)27-22(29)16(21(28)26-23(27)30)12-14-10-11-20(18(25)13-14)33-34(31,32)15-6-2-1-3-7-15/h1-13H,(H,26,28,30)/b16-12+. The van der Waals surface area contributed by atoms with E-state index in [2.05, 4.69) is 5.32 Å². The van der Waals surface area contributed by atoms with Gasteiger partial charge >= 0.3 is 16.1 Å². The molecule has 1 N–H and O–H groups in total. The van der Waals surface area contributed by atoms with Gasteiger partial charge in [0.1, 0.15) is 10.5 Å². The first-order valence-corrected chi connectivity index (χ1v) is 11.8. The normalized spacial score (nSPS) is 15.4. The van der Waals surface area contributed by atoms with Crippen molar-refractivity contribution in [2.75, 3.05) is 4.90 Å². The number of nitrogens with zero attached hydrogens (tertiary/aromatic N) is 1. The van der Waals surface area contributed by atoms with Gasteiger partial charge in [0.25, 0.3) is 11.8 Å². The van der Waals surface area contributed by atoms with Crippen molar-refractivity contribution in [1.29, 1.82) is 0 Å². The summed E-state index contributed by atoms with van der Waals surface area (Å²) in [5, 5.41) is 2.16. The number of anilines is 1. The first-order valence-electron chi connectivity index (χ1n) is 9.62. The number of para-hydroxylation sites is 1. The monoisotopic (exact) mass is 516 g/mol. The SMILES string of the molecule is O=C1NC(=O)N(c2ccccc2Cl)C(=O)/C1=C/c1ccc(OS(=O)(=O)c2ccccc2)c(Cl)c1. The second-order valence-electron chi connectivity index (χ2n) is 6.95. The van der Waals surface area contributed by atoms with Crippen molar-refractivity contribution >= 4 is 62.9 Å². The van der Waals surface area contributed by atoms with E-state index in [1.807, 2.05) is 0 Å². The number of carbonyl (C=O) groups is 3. The largest absolute Gasteiger partial charge is 0.377 e. The van der Waals surface area contributed by atoms with Gasteiger partial charge in [-0.1, -0.05) is 59.6 Å². The van der Waals surface area contributed by atoms with Gasteiger partial charge in [-0.3, -0.25) is 14.9 Å². The zero-order valence-electron chi connectivity index (χ0n) is 17.1. The van der Waals surface area contributed by atoms with Crippen molar-refractivity contribution in [3.8, 4) is 5.75 Å². The number of halogens is 2. The molecule has 0 aromatic heterocycles. The molecule has 11 heteroatoms. The van der Waals surface area contributed by atoms with Crippen LogP contribution in [0.1, 0.15) is 5.56 Å². The highest BCUT2D eigenvalue weighted by molar-refractivity contribution is 7.87. The molecule has 1 saturated heterocycles. The van der Waals surface area contributed by atoms with E-state index in [9.17, 15) is 22.8 Å². The molecule has 3 aromatic rings. The van der Waals surface area contributed by atoms with Gasteiger partial charge in [-0.05, 0) is 48.0 Å². The number of rotatable bonds is 5. The second-order valence-corrected chi connectivity index (χ2v) is 9.31. The molecule has 1 aliphatic heterocycles. The Morgan fingerprint density at radius 1 is 0.853 bits per heavy atom. The van der Waals surface area contributed by atoms with Crippen molar-refractivity contribution in [1.82, 2.24) is 5.32 Å². The molecule has 0 unspecified atom stereocenters. The number of imide groups is 2. The maximum absolute atomic E-state index is 13.0. The molecule has 172 valence electrons. The van der Waals surface area contributed by atoms with E-state index >= 15 is 0 Å². The third-order valence-electron chi connectivity index (χ3n) is 4.69. The van der Waals surface area contributed by atoms with Crippen LogP contribution in [0.15, 0.2) is 83.3 Å². The number of urea groups is 1. The topological polar surface area (TPSA) is 110 Å². The van der Waals surface area contributed by atoms with E-state index in [4.69, 9.17) is 27.4 Å². The van der Waals surface area contributed by atoms with Gasteiger partial charge in [0.2, 0.25) is 0 Å². The van der Waals surface area contributed by atoms with Crippen LogP contribution >= 0.6 is 23.2 Å².